The molecule has 2 aliphatic heterocycles. The summed E-state index contributed by atoms with van der Waals surface area (Å²) in [4.78, 5) is 72.3. The lowest BCUT2D eigenvalue weighted by Gasteiger charge is -2.45. The Bertz CT molecular complexity index is 1090. The van der Waals surface area contributed by atoms with Crippen LogP contribution in [0.15, 0.2) is 23.5 Å². The van der Waals surface area contributed by atoms with E-state index in [4.69, 9.17) is 42.6 Å². The molecule has 0 aromatic heterocycles. The summed E-state index contributed by atoms with van der Waals surface area (Å²) in [5.41, 5.74) is -0.0253. The van der Waals surface area contributed by atoms with Crippen LogP contribution >= 0.6 is 0 Å². The van der Waals surface area contributed by atoms with Gasteiger partial charge in [0.25, 0.3) is 0 Å². The molecule has 0 bridgehead atoms. The maximum atomic E-state index is 12.4. The first kappa shape index (κ1) is 34.2. The molecule has 0 aromatic rings. The number of methoxy groups -OCH3 is 2. The van der Waals surface area contributed by atoms with E-state index in [0.29, 0.717) is 0 Å². The Morgan fingerprint density at radius 2 is 1.45 bits per heavy atom. The topological polar surface area (TPSA) is 206 Å². The molecule has 16 nitrogen and oxygen atoms in total. The second kappa shape index (κ2) is 15.8. The lowest BCUT2D eigenvalue weighted by atomic mass is 9.86. The van der Waals surface area contributed by atoms with Crippen molar-refractivity contribution in [3.63, 3.8) is 0 Å². The number of carbonyl (C=O) groups excluding carboxylic acids is 6. The van der Waals surface area contributed by atoms with Gasteiger partial charge in [-0.3, -0.25) is 24.0 Å². The third-order valence-electron chi connectivity index (χ3n) is 5.92. The summed E-state index contributed by atoms with van der Waals surface area (Å²) in [5, 5.41) is 9.73. The molecule has 0 saturated carbocycles. The number of rotatable bonds is 11. The summed E-state index contributed by atoms with van der Waals surface area (Å²) in [5.74, 6) is -5.84. The zero-order chi connectivity index (χ0) is 31.6. The molecule has 0 amide bonds. The number of esters is 6. The highest BCUT2D eigenvalue weighted by Crippen LogP contribution is 2.37. The maximum absolute atomic E-state index is 12.4. The smallest absolute Gasteiger partial charge is 0.337 e. The first-order chi connectivity index (χ1) is 19.8. The number of hydrogen-bond acceptors (Lipinski definition) is 16. The van der Waals surface area contributed by atoms with Gasteiger partial charge in [0.1, 0.15) is 12.7 Å². The van der Waals surface area contributed by atoms with E-state index in [1.165, 1.54) is 6.08 Å². The molecule has 1 saturated heterocycles. The van der Waals surface area contributed by atoms with Gasteiger partial charge in [-0.15, -0.1) is 0 Å². The third-order valence-corrected chi connectivity index (χ3v) is 5.92. The van der Waals surface area contributed by atoms with Gasteiger partial charge in [-0.05, 0) is 0 Å². The van der Waals surface area contributed by atoms with Crippen molar-refractivity contribution in [2.45, 2.75) is 71.1 Å². The molecule has 2 heterocycles. The minimum Gasteiger partial charge on any atom is -0.469 e. The van der Waals surface area contributed by atoms with Crippen LogP contribution in [0.4, 0.5) is 0 Å². The average Bonchev–Trinajstić information content (AvgIpc) is 2.91. The number of aliphatic hydroxyl groups is 1. The summed E-state index contributed by atoms with van der Waals surface area (Å²) in [6, 6.07) is 0. The monoisotopic (exact) mass is 602 g/mol. The van der Waals surface area contributed by atoms with Crippen molar-refractivity contribution in [2.75, 3.05) is 27.4 Å². The molecule has 0 spiro atoms. The van der Waals surface area contributed by atoms with Gasteiger partial charge in [0.05, 0.1) is 39.1 Å². The van der Waals surface area contributed by atoms with Gasteiger partial charge in [0.2, 0.25) is 12.6 Å². The predicted octanol–water partition coefficient (Wildman–Crippen LogP) is -0.403. The van der Waals surface area contributed by atoms with Gasteiger partial charge in [0.15, 0.2) is 18.3 Å². The summed E-state index contributed by atoms with van der Waals surface area (Å²) in [7, 11) is 2.26. The van der Waals surface area contributed by atoms with Gasteiger partial charge >= 0.3 is 35.8 Å². The molecule has 42 heavy (non-hydrogen) atoms. The van der Waals surface area contributed by atoms with E-state index in [0.717, 1.165) is 48.2 Å². The van der Waals surface area contributed by atoms with Crippen molar-refractivity contribution in [1.29, 1.82) is 0 Å². The first-order valence-electron chi connectivity index (χ1n) is 12.6. The van der Waals surface area contributed by atoms with Crippen molar-refractivity contribution in [1.82, 2.24) is 0 Å². The number of carbonyl (C=O) groups is 6. The van der Waals surface area contributed by atoms with E-state index in [9.17, 15) is 33.9 Å². The van der Waals surface area contributed by atoms with E-state index >= 15 is 0 Å². The quantitative estimate of drug-likeness (QED) is 0.181. The molecule has 2 rings (SSSR count). The highest BCUT2D eigenvalue weighted by Gasteiger charge is 2.54. The molecule has 16 heteroatoms. The van der Waals surface area contributed by atoms with Gasteiger partial charge in [0, 0.05) is 39.2 Å². The predicted molar refractivity (Wildman–Crippen MR) is 133 cm³/mol. The SMILES string of the molecule is COC(=O)C[C@@H]1C(C(=O)OC)=CO[C@@H](O[C@@H]2O[C@H](COC(C)=O)[C@@H](OC(C)=O)[C@H](OC(C)=O)[C@H]2OC(C)=O)/C1=C/CO. The molecule has 7 atom stereocenters. The Morgan fingerprint density at radius 3 is 1.98 bits per heavy atom. The molecular formula is C26H34O16. The van der Waals surface area contributed by atoms with Crippen LogP contribution in [0.2, 0.25) is 0 Å². The Morgan fingerprint density at radius 1 is 0.857 bits per heavy atom. The Balaban J connectivity index is 2.59. The van der Waals surface area contributed by atoms with Gasteiger partial charge in [-0.1, -0.05) is 6.08 Å². The van der Waals surface area contributed by atoms with E-state index in [2.05, 4.69) is 0 Å². The average molecular weight is 603 g/mol. The fourth-order valence-electron chi connectivity index (χ4n) is 4.30. The lowest BCUT2D eigenvalue weighted by molar-refractivity contribution is -0.331. The minimum atomic E-state index is -1.65. The van der Waals surface area contributed by atoms with Crippen LogP contribution in [0.1, 0.15) is 34.1 Å². The fourth-order valence-corrected chi connectivity index (χ4v) is 4.30. The van der Waals surface area contributed by atoms with Crippen LogP contribution < -0.4 is 0 Å². The molecule has 0 radical (unpaired) electrons. The first-order valence-corrected chi connectivity index (χ1v) is 12.6. The van der Waals surface area contributed by atoms with Crippen molar-refractivity contribution in [3.8, 4) is 0 Å². The van der Waals surface area contributed by atoms with Crippen molar-refractivity contribution < 1.29 is 76.5 Å². The number of aliphatic hydroxyl groups excluding tert-OH is 1. The molecule has 234 valence electrons. The van der Waals surface area contributed by atoms with Crippen LogP contribution in [0.5, 0.6) is 0 Å². The van der Waals surface area contributed by atoms with Crippen LogP contribution in [0.3, 0.4) is 0 Å². The summed E-state index contributed by atoms with van der Waals surface area (Å²) in [6.45, 7) is 3.23. The molecule has 1 N–H and O–H groups in total. The second-order valence-corrected chi connectivity index (χ2v) is 8.96. The zero-order valence-corrected chi connectivity index (χ0v) is 23.9. The highest BCUT2D eigenvalue weighted by molar-refractivity contribution is 5.90. The largest absolute Gasteiger partial charge is 0.469 e. The number of hydrogen-bond donors (Lipinski definition) is 1. The van der Waals surface area contributed by atoms with Crippen molar-refractivity contribution in [2.24, 2.45) is 5.92 Å². The Kier molecular flexibility index (Phi) is 12.9. The standard InChI is InChI=1S/C26H34O16/c1-12(28)36-11-19-21(38-13(2)29)22(39-14(3)30)23(40-15(4)31)26(41-19)42-25-16(7-8-27)17(9-20(32)34-5)18(10-37-25)24(33)35-6/h7,10,17,19,21-23,25-27H,8-9,11H2,1-6H3/b16-7+/t17-,19+,21+,22-,23+,25-,26-/m0/s1. The van der Waals surface area contributed by atoms with Gasteiger partial charge in [-0.2, -0.15) is 0 Å². The molecule has 0 aromatic carbocycles. The fraction of sp³-hybridized carbons (Fsp3) is 0.615. The molecule has 0 unspecified atom stereocenters. The normalized spacial score (nSPS) is 27.9. The van der Waals surface area contributed by atoms with E-state index in [1.807, 2.05) is 0 Å². The number of ether oxygens (including phenoxy) is 9. The Hall–Kier alpha value is -4.02. The summed E-state index contributed by atoms with van der Waals surface area (Å²) >= 11 is 0. The minimum absolute atomic E-state index is 0.0682. The van der Waals surface area contributed by atoms with E-state index < -0.39 is 91.9 Å². The van der Waals surface area contributed by atoms with Crippen LogP contribution in [0, 0.1) is 5.92 Å². The van der Waals surface area contributed by atoms with Crippen molar-refractivity contribution in [3.05, 3.63) is 23.5 Å². The van der Waals surface area contributed by atoms with Crippen LogP contribution in [0.25, 0.3) is 0 Å². The van der Waals surface area contributed by atoms with E-state index in [-0.39, 0.29) is 17.6 Å². The summed E-state index contributed by atoms with van der Waals surface area (Å²) in [6.07, 6.45) is -7.13. The highest BCUT2D eigenvalue weighted by atomic mass is 16.8. The molecule has 2 aliphatic rings. The van der Waals surface area contributed by atoms with Crippen LogP contribution in [-0.2, 0) is 71.4 Å². The maximum Gasteiger partial charge on any atom is 0.337 e. The third kappa shape index (κ3) is 9.25. The lowest BCUT2D eigenvalue weighted by Crippen LogP contribution is -2.63. The van der Waals surface area contributed by atoms with Crippen molar-refractivity contribution >= 4 is 35.8 Å². The Labute approximate surface area is 240 Å². The molecule has 0 aliphatic carbocycles. The molecular weight excluding hydrogens is 568 g/mol. The van der Waals surface area contributed by atoms with Crippen LogP contribution in [-0.4, -0.2) is 105 Å². The van der Waals surface area contributed by atoms with Gasteiger partial charge < -0.3 is 47.7 Å². The zero-order valence-electron chi connectivity index (χ0n) is 23.9. The second-order valence-electron chi connectivity index (χ2n) is 8.96. The summed E-state index contributed by atoms with van der Waals surface area (Å²) < 4.78 is 48.1. The van der Waals surface area contributed by atoms with E-state index in [1.54, 1.807) is 0 Å². The molecule has 1 fully saturated rings. The van der Waals surface area contributed by atoms with Gasteiger partial charge in [-0.25, -0.2) is 4.79 Å².